The zero-order chi connectivity index (χ0) is 12.2. The van der Waals surface area contributed by atoms with E-state index in [1.165, 1.54) is 12.1 Å². The van der Waals surface area contributed by atoms with Crippen LogP contribution in [0.15, 0.2) is 27.6 Å². The highest BCUT2D eigenvalue weighted by Crippen LogP contribution is 2.19. The number of rotatable bonds is 5. The quantitative estimate of drug-likeness (QED) is 0.451. The van der Waals surface area contributed by atoms with Crippen molar-refractivity contribution in [2.75, 3.05) is 11.0 Å². The summed E-state index contributed by atoms with van der Waals surface area (Å²) in [7, 11) is -3.73. The Kier molecular flexibility index (Phi) is 5.62. The number of sulfonamides is 1. The van der Waals surface area contributed by atoms with Crippen LogP contribution in [0.1, 0.15) is 6.42 Å². The van der Waals surface area contributed by atoms with E-state index in [2.05, 4.69) is 43.2 Å². The SMILES string of the molecule is O=S(=O)(NCCCI)c1ccc(Br)cc1F. The first kappa shape index (κ1) is 14.3. The lowest BCUT2D eigenvalue weighted by molar-refractivity contribution is 0.556. The molecule has 0 saturated carbocycles. The molecule has 0 spiro atoms. The Labute approximate surface area is 116 Å². The van der Waals surface area contributed by atoms with Gasteiger partial charge < -0.3 is 0 Å². The van der Waals surface area contributed by atoms with Crippen molar-refractivity contribution in [3.63, 3.8) is 0 Å². The van der Waals surface area contributed by atoms with Crippen molar-refractivity contribution < 1.29 is 12.8 Å². The summed E-state index contributed by atoms with van der Waals surface area (Å²) in [5, 5.41) is 0. The van der Waals surface area contributed by atoms with Crippen LogP contribution in [0.3, 0.4) is 0 Å². The number of alkyl halides is 1. The van der Waals surface area contributed by atoms with Crippen LogP contribution in [0.2, 0.25) is 0 Å². The van der Waals surface area contributed by atoms with Gasteiger partial charge in [0.05, 0.1) is 0 Å². The molecule has 1 aromatic rings. The average molecular weight is 422 g/mol. The molecule has 1 rings (SSSR count). The van der Waals surface area contributed by atoms with Gasteiger partial charge in [0.2, 0.25) is 10.0 Å². The highest BCUT2D eigenvalue weighted by atomic mass is 127. The second kappa shape index (κ2) is 6.27. The first-order valence-electron chi connectivity index (χ1n) is 4.48. The fourth-order valence-corrected chi connectivity index (χ4v) is 2.89. The molecule has 0 atom stereocenters. The molecular weight excluding hydrogens is 412 g/mol. The zero-order valence-corrected chi connectivity index (χ0v) is 12.8. The van der Waals surface area contributed by atoms with Crippen molar-refractivity contribution in [1.82, 2.24) is 4.72 Å². The molecule has 16 heavy (non-hydrogen) atoms. The third kappa shape index (κ3) is 3.94. The van der Waals surface area contributed by atoms with Gasteiger partial charge in [-0.05, 0) is 24.6 Å². The second-order valence-electron chi connectivity index (χ2n) is 3.02. The number of hydrogen-bond donors (Lipinski definition) is 1. The summed E-state index contributed by atoms with van der Waals surface area (Å²) < 4.78 is 40.5. The van der Waals surface area contributed by atoms with Gasteiger partial charge in [0.1, 0.15) is 10.7 Å². The lowest BCUT2D eigenvalue weighted by atomic mass is 10.3. The Bertz CT molecular complexity index is 467. The third-order valence-corrected chi connectivity index (χ3v) is 4.54. The fraction of sp³-hybridized carbons (Fsp3) is 0.333. The first-order chi connectivity index (χ1) is 7.47. The minimum atomic E-state index is -3.73. The van der Waals surface area contributed by atoms with Gasteiger partial charge in [0.15, 0.2) is 0 Å². The molecular formula is C9H10BrFINO2S. The summed E-state index contributed by atoms with van der Waals surface area (Å²) in [4.78, 5) is -0.316. The maximum atomic E-state index is 13.4. The van der Waals surface area contributed by atoms with Gasteiger partial charge >= 0.3 is 0 Å². The number of nitrogens with one attached hydrogen (secondary N) is 1. The van der Waals surface area contributed by atoms with E-state index in [1.807, 2.05) is 0 Å². The lowest BCUT2D eigenvalue weighted by Crippen LogP contribution is -2.25. The minimum absolute atomic E-state index is 0.316. The van der Waals surface area contributed by atoms with Crippen LogP contribution in [0, 0.1) is 5.82 Å². The van der Waals surface area contributed by atoms with E-state index in [-0.39, 0.29) is 4.90 Å². The van der Waals surface area contributed by atoms with E-state index in [0.717, 1.165) is 16.9 Å². The van der Waals surface area contributed by atoms with E-state index in [4.69, 9.17) is 0 Å². The molecule has 90 valence electrons. The van der Waals surface area contributed by atoms with E-state index in [1.54, 1.807) is 0 Å². The van der Waals surface area contributed by atoms with Crippen molar-refractivity contribution >= 4 is 48.5 Å². The maximum Gasteiger partial charge on any atom is 0.243 e. The second-order valence-corrected chi connectivity index (χ2v) is 6.74. The van der Waals surface area contributed by atoms with E-state index in [9.17, 15) is 12.8 Å². The smallest absolute Gasteiger partial charge is 0.211 e. The van der Waals surface area contributed by atoms with E-state index in [0.29, 0.717) is 11.0 Å². The molecule has 7 heteroatoms. The molecule has 0 unspecified atom stereocenters. The van der Waals surface area contributed by atoms with Crippen molar-refractivity contribution in [1.29, 1.82) is 0 Å². The molecule has 0 aliphatic rings. The fourth-order valence-electron chi connectivity index (χ4n) is 1.04. The number of halogens is 3. The highest BCUT2D eigenvalue weighted by molar-refractivity contribution is 14.1. The summed E-state index contributed by atoms with van der Waals surface area (Å²) in [6, 6.07) is 3.87. The van der Waals surface area contributed by atoms with E-state index >= 15 is 0 Å². The molecule has 0 saturated heterocycles. The van der Waals surface area contributed by atoms with Gasteiger partial charge in [0, 0.05) is 15.4 Å². The predicted octanol–water partition coefficient (Wildman–Crippen LogP) is 2.69. The van der Waals surface area contributed by atoms with Crippen LogP contribution in [0.4, 0.5) is 4.39 Å². The topological polar surface area (TPSA) is 46.2 Å². The molecule has 0 amide bonds. The van der Waals surface area contributed by atoms with Crippen LogP contribution < -0.4 is 4.72 Å². The Morgan fingerprint density at radius 3 is 2.69 bits per heavy atom. The lowest BCUT2D eigenvalue weighted by Gasteiger charge is -2.06. The van der Waals surface area contributed by atoms with Gasteiger partial charge in [-0.15, -0.1) is 0 Å². The minimum Gasteiger partial charge on any atom is -0.211 e. The standard InChI is InChI=1S/C9H10BrFINO2S/c10-7-2-3-9(8(11)6-7)16(14,15)13-5-1-4-12/h2-3,6,13H,1,4-5H2. The number of hydrogen-bond acceptors (Lipinski definition) is 2. The summed E-state index contributed by atoms with van der Waals surface area (Å²) in [5.41, 5.74) is 0. The van der Waals surface area contributed by atoms with Crippen molar-refractivity contribution in [3.8, 4) is 0 Å². The molecule has 0 aromatic heterocycles. The average Bonchev–Trinajstić information content (AvgIpc) is 2.17. The summed E-state index contributed by atoms with van der Waals surface area (Å²) in [6.45, 7) is 0.320. The Balaban J connectivity index is 2.90. The van der Waals surface area contributed by atoms with Crippen molar-refractivity contribution in [2.24, 2.45) is 0 Å². The molecule has 0 bridgehead atoms. The van der Waals surface area contributed by atoms with E-state index < -0.39 is 15.8 Å². The molecule has 0 heterocycles. The molecule has 0 aliphatic heterocycles. The number of benzene rings is 1. The van der Waals surface area contributed by atoms with Crippen LogP contribution >= 0.6 is 38.5 Å². The monoisotopic (exact) mass is 421 g/mol. The molecule has 3 nitrogen and oxygen atoms in total. The normalized spacial score (nSPS) is 11.7. The van der Waals surface area contributed by atoms with Crippen LogP contribution in [0.5, 0.6) is 0 Å². The van der Waals surface area contributed by atoms with Crippen molar-refractivity contribution in [2.45, 2.75) is 11.3 Å². The summed E-state index contributed by atoms with van der Waals surface area (Å²) >= 11 is 5.22. The molecule has 1 N–H and O–H groups in total. The molecule has 1 aromatic carbocycles. The third-order valence-electron chi connectivity index (χ3n) is 1.79. The van der Waals surface area contributed by atoms with Crippen molar-refractivity contribution in [3.05, 3.63) is 28.5 Å². The maximum absolute atomic E-state index is 13.4. The first-order valence-corrected chi connectivity index (χ1v) is 8.28. The molecule has 0 fully saturated rings. The summed E-state index contributed by atoms with van der Waals surface area (Å²) in [6.07, 6.45) is 0.720. The Hall–Kier alpha value is 0.270. The van der Waals surface area contributed by atoms with Crippen LogP contribution in [-0.2, 0) is 10.0 Å². The molecule has 0 radical (unpaired) electrons. The van der Waals surface area contributed by atoms with Gasteiger partial charge in [-0.25, -0.2) is 17.5 Å². The Morgan fingerprint density at radius 2 is 2.12 bits per heavy atom. The largest absolute Gasteiger partial charge is 0.243 e. The van der Waals surface area contributed by atoms with Gasteiger partial charge in [-0.1, -0.05) is 38.5 Å². The van der Waals surface area contributed by atoms with Crippen LogP contribution in [-0.4, -0.2) is 19.4 Å². The van der Waals surface area contributed by atoms with Gasteiger partial charge in [-0.3, -0.25) is 0 Å². The van der Waals surface area contributed by atoms with Crippen LogP contribution in [0.25, 0.3) is 0 Å². The predicted molar refractivity (Wildman–Crippen MR) is 72.8 cm³/mol. The van der Waals surface area contributed by atoms with Gasteiger partial charge in [0.25, 0.3) is 0 Å². The molecule has 0 aliphatic carbocycles. The zero-order valence-electron chi connectivity index (χ0n) is 8.21. The Morgan fingerprint density at radius 1 is 1.44 bits per heavy atom. The van der Waals surface area contributed by atoms with Gasteiger partial charge in [-0.2, -0.15) is 0 Å². The highest BCUT2D eigenvalue weighted by Gasteiger charge is 2.18. The summed E-state index contributed by atoms with van der Waals surface area (Å²) in [5.74, 6) is -0.753.